The second kappa shape index (κ2) is 8.02. The van der Waals surface area contributed by atoms with Gasteiger partial charge in [0.1, 0.15) is 5.82 Å². The summed E-state index contributed by atoms with van der Waals surface area (Å²) in [5.74, 6) is -0.260. The third-order valence-corrected chi connectivity index (χ3v) is 4.54. The first kappa shape index (κ1) is 18.8. The van der Waals surface area contributed by atoms with Crippen molar-refractivity contribution in [3.8, 4) is 0 Å². The Bertz CT molecular complexity index is 822. The standard InChI is InChI=1S/C19H20ClFN2.ClH/c1-12-6-7-19-15(10-12)14(13(2)23-19)8-9-22-11-16-17(20)4-3-5-18(16)21;/h3-7,10,22-23H,8-9,11H2,1-2H3;1H. The molecule has 0 unspecified atom stereocenters. The van der Waals surface area contributed by atoms with E-state index < -0.39 is 0 Å². The summed E-state index contributed by atoms with van der Waals surface area (Å²) in [5.41, 5.74) is 5.46. The van der Waals surface area contributed by atoms with Crippen molar-refractivity contribution < 1.29 is 4.39 Å². The summed E-state index contributed by atoms with van der Waals surface area (Å²) < 4.78 is 13.7. The first-order valence-electron chi connectivity index (χ1n) is 7.77. The number of aromatic amines is 1. The molecule has 3 aromatic rings. The Morgan fingerprint density at radius 1 is 1.12 bits per heavy atom. The normalized spacial score (nSPS) is 10.8. The van der Waals surface area contributed by atoms with Gasteiger partial charge in [0, 0.05) is 33.7 Å². The molecule has 128 valence electrons. The Labute approximate surface area is 152 Å². The molecule has 3 rings (SSSR count). The summed E-state index contributed by atoms with van der Waals surface area (Å²) >= 11 is 6.04. The van der Waals surface area contributed by atoms with Crippen LogP contribution in [0.5, 0.6) is 0 Å². The smallest absolute Gasteiger partial charge is 0.129 e. The van der Waals surface area contributed by atoms with Gasteiger partial charge < -0.3 is 10.3 Å². The number of hydrogen-bond acceptors (Lipinski definition) is 1. The zero-order valence-corrected chi connectivity index (χ0v) is 15.3. The lowest BCUT2D eigenvalue weighted by Crippen LogP contribution is -2.18. The Hall–Kier alpha value is -1.55. The van der Waals surface area contributed by atoms with Crippen molar-refractivity contribution >= 4 is 34.9 Å². The topological polar surface area (TPSA) is 27.8 Å². The maximum absolute atomic E-state index is 13.7. The summed E-state index contributed by atoms with van der Waals surface area (Å²) in [6, 6.07) is 11.2. The molecule has 2 aromatic carbocycles. The van der Waals surface area contributed by atoms with Crippen LogP contribution < -0.4 is 5.32 Å². The molecule has 0 saturated carbocycles. The summed E-state index contributed by atoms with van der Waals surface area (Å²) in [5, 5.41) is 5.03. The van der Waals surface area contributed by atoms with E-state index in [1.54, 1.807) is 12.1 Å². The molecule has 2 nitrogen and oxygen atoms in total. The summed E-state index contributed by atoms with van der Waals surface area (Å²) in [6.45, 7) is 5.40. The highest BCUT2D eigenvalue weighted by Crippen LogP contribution is 2.24. The zero-order valence-electron chi connectivity index (χ0n) is 13.7. The molecule has 0 spiro atoms. The van der Waals surface area contributed by atoms with Crippen molar-refractivity contribution in [2.45, 2.75) is 26.8 Å². The molecule has 0 radical (unpaired) electrons. The molecule has 1 aromatic heterocycles. The van der Waals surface area contributed by atoms with Crippen LogP contribution in [0.1, 0.15) is 22.4 Å². The second-order valence-corrected chi connectivity index (χ2v) is 6.31. The fourth-order valence-electron chi connectivity index (χ4n) is 2.95. The summed E-state index contributed by atoms with van der Waals surface area (Å²) in [6.07, 6.45) is 0.890. The Balaban J connectivity index is 0.00000208. The van der Waals surface area contributed by atoms with Crippen LogP contribution in [0.25, 0.3) is 10.9 Å². The van der Waals surface area contributed by atoms with E-state index in [1.807, 2.05) is 0 Å². The lowest BCUT2D eigenvalue weighted by Gasteiger charge is -2.08. The molecule has 0 aliphatic carbocycles. The largest absolute Gasteiger partial charge is 0.358 e. The number of hydrogen-bond donors (Lipinski definition) is 2. The zero-order chi connectivity index (χ0) is 16.4. The van der Waals surface area contributed by atoms with Crippen molar-refractivity contribution in [3.05, 3.63) is 69.6 Å². The van der Waals surface area contributed by atoms with Gasteiger partial charge in [0.05, 0.1) is 0 Å². The second-order valence-electron chi connectivity index (χ2n) is 5.90. The van der Waals surface area contributed by atoms with E-state index in [0.29, 0.717) is 17.1 Å². The number of aryl methyl sites for hydroxylation is 2. The van der Waals surface area contributed by atoms with Crippen LogP contribution in [-0.4, -0.2) is 11.5 Å². The molecule has 0 aliphatic rings. The number of halogens is 3. The number of benzene rings is 2. The summed E-state index contributed by atoms with van der Waals surface area (Å²) in [7, 11) is 0. The number of nitrogens with one attached hydrogen (secondary N) is 2. The average molecular weight is 367 g/mol. The minimum absolute atomic E-state index is 0. The fraction of sp³-hybridized carbons (Fsp3) is 0.263. The van der Waals surface area contributed by atoms with E-state index in [1.165, 1.54) is 33.8 Å². The van der Waals surface area contributed by atoms with Crippen LogP contribution in [0.2, 0.25) is 5.02 Å². The van der Waals surface area contributed by atoms with Gasteiger partial charge in [-0.1, -0.05) is 29.3 Å². The SMILES string of the molecule is Cc1ccc2[nH]c(C)c(CCNCc3c(F)cccc3Cl)c2c1.Cl. The average Bonchev–Trinajstić information content (AvgIpc) is 2.81. The maximum Gasteiger partial charge on any atom is 0.129 e. The minimum atomic E-state index is -0.260. The molecular weight excluding hydrogens is 346 g/mol. The fourth-order valence-corrected chi connectivity index (χ4v) is 3.18. The molecule has 1 heterocycles. The van der Waals surface area contributed by atoms with Gasteiger partial charge in [0.2, 0.25) is 0 Å². The molecule has 0 amide bonds. The van der Waals surface area contributed by atoms with Crippen LogP contribution in [0.4, 0.5) is 4.39 Å². The molecule has 0 bridgehead atoms. The van der Waals surface area contributed by atoms with Crippen molar-refractivity contribution in [1.29, 1.82) is 0 Å². The number of fused-ring (bicyclic) bond motifs is 1. The van der Waals surface area contributed by atoms with E-state index in [9.17, 15) is 4.39 Å². The van der Waals surface area contributed by atoms with Gasteiger partial charge in [0.25, 0.3) is 0 Å². The van der Waals surface area contributed by atoms with Crippen molar-refractivity contribution in [2.75, 3.05) is 6.54 Å². The van der Waals surface area contributed by atoms with Crippen molar-refractivity contribution in [2.24, 2.45) is 0 Å². The number of aromatic nitrogens is 1. The number of H-pyrrole nitrogens is 1. The summed E-state index contributed by atoms with van der Waals surface area (Å²) in [4.78, 5) is 3.42. The molecular formula is C19H21Cl2FN2. The lowest BCUT2D eigenvalue weighted by atomic mass is 10.1. The van der Waals surface area contributed by atoms with Crippen LogP contribution in [0.3, 0.4) is 0 Å². The van der Waals surface area contributed by atoms with Crippen LogP contribution >= 0.6 is 24.0 Å². The van der Waals surface area contributed by atoms with E-state index in [2.05, 4.69) is 42.3 Å². The maximum atomic E-state index is 13.7. The van der Waals surface area contributed by atoms with Gasteiger partial charge in [-0.05, 0) is 56.6 Å². The van der Waals surface area contributed by atoms with E-state index >= 15 is 0 Å². The van der Waals surface area contributed by atoms with E-state index in [4.69, 9.17) is 11.6 Å². The Morgan fingerprint density at radius 3 is 2.67 bits per heavy atom. The molecule has 0 fully saturated rings. The van der Waals surface area contributed by atoms with Gasteiger partial charge in [-0.2, -0.15) is 0 Å². The van der Waals surface area contributed by atoms with Gasteiger partial charge in [-0.3, -0.25) is 0 Å². The first-order chi connectivity index (χ1) is 11.1. The van der Waals surface area contributed by atoms with Crippen LogP contribution in [0, 0.1) is 19.7 Å². The third kappa shape index (κ3) is 3.92. The third-order valence-electron chi connectivity index (χ3n) is 4.19. The quantitative estimate of drug-likeness (QED) is 0.586. The minimum Gasteiger partial charge on any atom is -0.358 e. The monoisotopic (exact) mass is 366 g/mol. The number of rotatable bonds is 5. The van der Waals surface area contributed by atoms with E-state index in [0.717, 1.165) is 13.0 Å². The molecule has 0 aliphatic heterocycles. The first-order valence-corrected chi connectivity index (χ1v) is 8.15. The van der Waals surface area contributed by atoms with Crippen molar-refractivity contribution in [3.63, 3.8) is 0 Å². The molecule has 2 N–H and O–H groups in total. The van der Waals surface area contributed by atoms with Crippen LogP contribution in [-0.2, 0) is 13.0 Å². The van der Waals surface area contributed by atoms with Crippen LogP contribution in [0.15, 0.2) is 36.4 Å². The van der Waals surface area contributed by atoms with Gasteiger partial charge >= 0.3 is 0 Å². The predicted octanol–water partition coefficient (Wildman–Crippen LogP) is 5.33. The van der Waals surface area contributed by atoms with Gasteiger partial charge in [-0.15, -0.1) is 12.4 Å². The predicted molar refractivity (Wildman–Crippen MR) is 102 cm³/mol. The van der Waals surface area contributed by atoms with Gasteiger partial charge in [0.15, 0.2) is 0 Å². The Morgan fingerprint density at radius 2 is 1.92 bits per heavy atom. The van der Waals surface area contributed by atoms with Gasteiger partial charge in [-0.25, -0.2) is 4.39 Å². The highest BCUT2D eigenvalue weighted by atomic mass is 35.5. The molecule has 0 saturated heterocycles. The molecule has 24 heavy (non-hydrogen) atoms. The van der Waals surface area contributed by atoms with E-state index in [-0.39, 0.29) is 18.2 Å². The Kier molecular flexibility index (Phi) is 6.27. The van der Waals surface area contributed by atoms with Crippen molar-refractivity contribution in [1.82, 2.24) is 10.3 Å². The molecule has 0 atom stereocenters. The highest BCUT2D eigenvalue weighted by Gasteiger charge is 2.09. The molecule has 5 heteroatoms. The lowest BCUT2D eigenvalue weighted by molar-refractivity contribution is 0.588. The highest BCUT2D eigenvalue weighted by molar-refractivity contribution is 6.31.